The molecule has 0 amide bonds. The minimum absolute atomic E-state index is 0.810. The average Bonchev–Trinajstić information content (AvgIpc) is 3.80. The first kappa shape index (κ1) is 33.6. The third-order valence-corrected chi connectivity index (χ3v) is 11.9. The number of thiophene rings is 1. The molecule has 0 fully saturated rings. The van der Waals surface area contributed by atoms with Crippen molar-refractivity contribution in [3.05, 3.63) is 224 Å². The Kier molecular flexibility index (Phi) is 8.63. The molecule has 10 rings (SSSR count). The zero-order chi connectivity index (χ0) is 37.4. The van der Waals surface area contributed by atoms with Crippen molar-refractivity contribution >= 4 is 64.7 Å². The van der Waals surface area contributed by atoms with Crippen molar-refractivity contribution < 1.29 is 0 Å². The molecule has 1 aliphatic carbocycles. The lowest BCUT2D eigenvalue weighted by atomic mass is 10.0. The van der Waals surface area contributed by atoms with Gasteiger partial charge in [0.25, 0.3) is 0 Å². The SMILES string of the molecule is C=C1/C=C\C=C/C/C=C(N(c2ccc(-c3ccccc3)cc2)c2cccc(-c3ccc4c(c3)c3ccccc3n4-c3cccc4c3sc3ccccc34)c2)\C=C/1. The second-order valence-corrected chi connectivity index (χ2v) is 15.2. The highest BCUT2D eigenvalue weighted by Crippen LogP contribution is 2.42. The molecule has 0 saturated carbocycles. The van der Waals surface area contributed by atoms with Crippen LogP contribution in [0.25, 0.3) is 69.9 Å². The van der Waals surface area contributed by atoms with Gasteiger partial charge in [-0.1, -0.05) is 152 Å². The summed E-state index contributed by atoms with van der Waals surface area (Å²) < 4.78 is 5.08. The second kappa shape index (κ2) is 14.4. The molecule has 0 unspecified atom stereocenters. The van der Waals surface area contributed by atoms with Gasteiger partial charge in [-0.05, 0) is 94.9 Å². The highest BCUT2D eigenvalue weighted by molar-refractivity contribution is 7.26. The number of hydrogen-bond acceptors (Lipinski definition) is 2. The molecular formula is C53H38N2S. The summed E-state index contributed by atoms with van der Waals surface area (Å²) in [4.78, 5) is 2.36. The summed E-state index contributed by atoms with van der Waals surface area (Å²) in [6.07, 6.45) is 15.7. The topological polar surface area (TPSA) is 8.17 Å². The van der Waals surface area contributed by atoms with Crippen molar-refractivity contribution in [3.63, 3.8) is 0 Å². The van der Waals surface area contributed by atoms with Crippen molar-refractivity contribution in [2.24, 2.45) is 0 Å². The maximum atomic E-state index is 4.26. The maximum absolute atomic E-state index is 4.26. The average molecular weight is 735 g/mol. The van der Waals surface area contributed by atoms with Gasteiger partial charge in [0.05, 0.1) is 21.4 Å². The Hall–Kier alpha value is -6.94. The van der Waals surface area contributed by atoms with Crippen molar-refractivity contribution in [3.8, 4) is 27.9 Å². The molecule has 0 radical (unpaired) electrons. The summed E-state index contributed by atoms with van der Waals surface area (Å²) in [5, 5.41) is 5.11. The smallest absolute Gasteiger partial charge is 0.0640 e. The van der Waals surface area contributed by atoms with Crippen LogP contribution in [0.15, 0.2) is 224 Å². The van der Waals surface area contributed by atoms with E-state index in [1.54, 1.807) is 0 Å². The Balaban J connectivity index is 1.10. The molecule has 56 heavy (non-hydrogen) atoms. The van der Waals surface area contributed by atoms with Gasteiger partial charge in [0.15, 0.2) is 0 Å². The van der Waals surface area contributed by atoms with Gasteiger partial charge in [0, 0.05) is 43.3 Å². The molecule has 2 nitrogen and oxygen atoms in total. The highest BCUT2D eigenvalue weighted by atomic mass is 32.1. The van der Waals surface area contributed by atoms with E-state index in [1.165, 1.54) is 64.4 Å². The van der Waals surface area contributed by atoms with E-state index in [0.717, 1.165) is 34.6 Å². The lowest BCUT2D eigenvalue weighted by Gasteiger charge is -2.27. The number of benzene rings is 7. The first-order chi connectivity index (χ1) is 27.7. The maximum Gasteiger partial charge on any atom is 0.0640 e. The van der Waals surface area contributed by atoms with Crippen LogP contribution in [0.2, 0.25) is 0 Å². The zero-order valence-corrected chi connectivity index (χ0v) is 31.7. The van der Waals surface area contributed by atoms with Crippen molar-refractivity contribution in [1.82, 2.24) is 4.57 Å². The van der Waals surface area contributed by atoms with E-state index >= 15 is 0 Å². The Morgan fingerprint density at radius 3 is 2.09 bits per heavy atom. The van der Waals surface area contributed by atoms with Crippen LogP contribution >= 0.6 is 11.3 Å². The Bertz CT molecular complexity index is 3060. The fourth-order valence-corrected chi connectivity index (χ4v) is 9.24. The van der Waals surface area contributed by atoms with Gasteiger partial charge in [-0.2, -0.15) is 0 Å². The van der Waals surface area contributed by atoms with Crippen LogP contribution < -0.4 is 4.90 Å². The molecule has 9 aromatic rings. The van der Waals surface area contributed by atoms with Crippen LogP contribution in [0.4, 0.5) is 11.4 Å². The van der Waals surface area contributed by atoms with E-state index < -0.39 is 0 Å². The van der Waals surface area contributed by atoms with Gasteiger partial charge in [0.2, 0.25) is 0 Å². The van der Waals surface area contributed by atoms with Crippen LogP contribution in [-0.4, -0.2) is 4.57 Å². The van der Waals surface area contributed by atoms with Gasteiger partial charge in [-0.25, -0.2) is 0 Å². The molecule has 2 aromatic heterocycles. The molecule has 7 aromatic carbocycles. The predicted octanol–water partition coefficient (Wildman–Crippen LogP) is 15.1. The number of nitrogens with zero attached hydrogens (tertiary/aromatic N) is 2. The largest absolute Gasteiger partial charge is 0.311 e. The van der Waals surface area contributed by atoms with Crippen LogP contribution in [0.3, 0.4) is 0 Å². The fraction of sp³-hybridized carbons (Fsp3) is 0.0189. The summed E-state index contributed by atoms with van der Waals surface area (Å²) in [6.45, 7) is 4.26. The first-order valence-corrected chi connectivity index (χ1v) is 19.9. The molecule has 0 saturated heterocycles. The number of hydrogen-bond donors (Lipinski definition) is 0. The van der Waals surface area contributed by atoms with E-state index in [9.17, 15) is 0 Å². The summed E-state index contributed by atoms with van der Waals surface area (Å²) in [5.74, 6) is 0. The molecular weight excluding hydrogens is 697 g/mol. The monoisotopic (exact) mass is 734 g/mol. The molecule has 0 atom stereocenters. The van der Waals surface area contributed by atoms with Gasteiger partial charge >= 0.3 is 0 Å². The molecule has 3 heteroatoms. The summed E-state index contributed by atoms with van der Waals surface area (Å²) >= 11 is 1.88. The number of rotatable bonds is 6. The standard InChI is InChI=1S/C53H38N2S/c1-37-15-5-2-3-8-19-42(31-27-37)54(43-32-28-39(29-33-43)38-16-6-4-7-17-38)44-20-13-18-40(35-44)41-30-34-50-48(36-41)45-21-9-11-24-49(45)55(50)51-25-14-23-47-46-22-10-12-26-52(46)56-53(47)51/h2-7,9-36H,1,8H2/b3-2-,15-5-,31-27-,42-19+. The minimum Gasteiger partial charge on any atom is -0.311 e. The number of para-hydroxylation sites is 1. The number of fused-ring (bicyclic) bond motifs is 6. The zero-order valence-electron chi connectivity index (χ0n) is 30.8. The van der Waals surface area contributed by atoms with E-state index in [4.69, 9.17) is 0 Å². The van der Waals surface area contributed by atoms with E-state index in [-0.39, 0.29) is 0 Å². The van der Waals surface area contributed by atoms with E-state index in [1.807, 2.05) is 23.5 Å². The molecule has 0 spiro atoms. The molecule has 0 bridgehead atoms. The first-order valence-electron chi connectivity index (χ1n) is 19.1. The second-order valence-electron chi connectivity index (χ2n) is 14.2. The van der Waals surface area contributed by atoms with E-state index in [2.05, 4.69) is 210 Å². The molecule has 266 valence electrons. The molecule has 1 aliphatic rings. The Morgan fingerprint density at radius 2 is 1.20 bits per heavy atom. The van der Waals surface area contributed by atoms with Crippen LogP contribution in [0.5, 0.6) is 0 Å². The molecule has 2 heterocycles. The van der Waals surface area contributed by atoms with Gasteiger partial charge in [-0.15, -0.1) is 11.3 Å². The van der Waals surface area contributed by atoms with Gasteiger partial charge in [-0.3, -0.25) is 0 Å². The quantitative estimate of drug-likeness (QED) is 0.165. The van der Waals surface area contributed by atoms with Gasteiger partial charge in [0.1, 0.15) is 0 Å². The minimum atomic E-state index is 0.810. The van der Waals surface area contributed by atoms with E-state index in [0.29, 0.717) is 0 Å². The highest BCUT2D eigenvalue weighted by Gasteiger charge is 2.18. The number of allylic oxidation sites excluding steroid dienone is 8. The summed E-state index contributed by atoms with van der Waals surface area (Å²) in [6, 6.07) is 59.6. The molecule has 0 N–H and O–H groups in total. The fourth-order valence-electron chi connectivity index (χ4n) is 8.03. The van der Waals surface area contributed by atoms with Gasteiger partial charge < -0.3 is 9.47 Å². The number of anilines is 2. The number of aromatic nitrogens is 1. The van der Waals surface area contributed by atoms with Crippen LogP contribution in [-0.2, 0) is 0 Å². The Labute approximate surface area is 331 Å². The van der Waals surface area contributed by atoms with Crippen molar-refractivity contribution in [2.75, 3.05) is 4.90 Å². The summed E-state index contributed by atoms with van der Waals surface area (Å²) in [7, 11) is 0. The van der Waals surface area contributed by atoms with Crippen molar-refractivity contribution in [2.45, 2.75) is 6.42 Å². The third kappa shape index (κ3) is 6.09. The van der Waals surface area contributed by atoms with Crippen molar-refractivity contribution in [1.29, 1.82) is 0 Å². The van der Waals surface area contributed by atoms with Crippen LogP contribution in [0.1, 0.15) is 6.42 Å². The Morgan fingerprint density at radius 1 is 0.500 bits per heavy atom. The lowest BCUT2D eigenvalue weighted by Crippen LogP contribution is -2.15. The molecule has 0 aliphatic heterocycles. The van der Waals surface area contributed by atoms with Crippen LogP contribution in [0, 0.1) is 0 Å². The lowest BCUT2D eigenvalue weighted by molar-refractivity contribution is 1.18. The summed E-state index contributed by atoms with van der Waals surface area (Å²) in [5.41, 5.74) is 12.6. The predicted molar refractivity (Wildman–Crippen MR) is 242 cm³/mol. The third-order valence-electron chi connectivity index (χ3n) is 10.7. The normalized spacial score (nSPS) is 15.9.